The molecule has 0 spiro atoms. The van der Waals surface area contributed by atoms with Crippen molar-refractivity contribution in [1.29, 1.82) is 0 Å². The van der Waals surface area contributed by atoms with Crippen LogP contribution in [-0.4, -0.2) is 48.2 Å². The van der Waals surface area contributed by atoms with Gasteiger partial charge >= 0.3 is 0 Å². The van der Waals surface area contributed by atoms with Crippen LogP contribution in [0, 0.1) is 0 Å². The van der Waals surface area contributed by atoms with Crippen LogP contribution in [0.4, 0.5) is 0 Å². The van der Waals surface area contributed by atoms with E-state index in [0.29, 0.717) is 19.6 Å². The van der Waals surface area contributed by atoms with Gasteiger partial charge in [-0.2, -0.15) is 0 Å². The lowest BCUT2D eigenvalue weighted by molar-refractivity contribution is 0.220. The normalized spacial score (nSPS) is 15.2. The van der Waals surface area contributed by atoms with Crippen LogP contribution in [0.1, 0.15) is 30.6 Å². The molecule has 6 heteroatoms. The highest BCUT2D eigenvalue weighted by Gasteiger charge is 2.15. The van der Waals surface area contributed by atoms with Crippen molar-refractivity contribution in [2.75, 3.05) is 33.8 Å². The lowest BCUT2D eigenvalue weighted by atomic mass is 10.1. The predicted octanol–water partition coefficient (Wildman–Crippen LogP) is 3.72. The Morgan fingerprint density at radius 2 is 1.90 bits per heavy atom. The van der Waals surface area contributed by atoms with Gasteiger partial charge in [-0.15, -0.1) is 0 Å². The van der Waals surface area contributed by atoms with Gasteiger partial charge in [0.25, 0.3) is 5.56 Å². The zero-order valence-electron chi connectivity index (χ0n) is 18.0. The predicted molar refractivity (Wildman–Crippen MR) is 119 cm³/mol. The molecule has 0 amide bonds. The van der Waals surface area contributed by atoms with Crippen molar-refractivity contribution in [3.8, 4) is 5.75 Å². The maximum Gasteiger partial charge on any atom is 0.255 e. The first-order valence-corrected chi connectivity index (χ1v) is 10.8. The molecule has 1 fully saturated rings. The summed E-state index contributed by atoms with van der Waals surface area (Å²) in [6, 6.07) is 11.8. The smallest absolute Gasteiger partial charge is 0.255 e. The Hall–Kier alpha value is -2.57. The number of pyridine rings is 1. The SMILES string of the molecule is COc1ccc2cc(CN(C)Cc3ccco3)c(=O)n(CCN3CCCCC3)c2c1. The number of aromatic nitrogens is 1. The molecule has 30 heavy (non-hydrogen) atoms. The highest BCUT2D eigenvalue weighted by molar-refractivity contribution is 5.81. The van der Waals surface area contributed by atoms with E-state index in [-0.39, 0.29) is 5.56 Å². The van der Waals surface area contributed by atoms with Crippen LogP contribution in [0.25, 0.3) is 10.9 Å². The van der Waals surface area contributed by atoms with Crippen molar-refractivity contribution in [2.24, 2.45) is 0 Å². The third kappa shape index (κ3) is 4.77. The Labute approximate surface area is 177 Å². The maximum atomic E-state index is 13.4. The minimum absolute atomic E-state index is 0.0825. The molecule has 160 valence electrons. The van der Waals surface area contributed by atoms with Gasteiger partial charge < -0.3 is 18.6 Å². The summed E-state index contributed by atoms with van der Waals surface area (Å²) < 4.78 is 12.8. The molecule has 1 aliphatic heterocycles. The van der Waals surface area contributed by atoms with Gasteiger partial charge in [0.05, 0.1) is 25.4 Å². The minimum Gasteiger partial charge on any atom is -0.497 e. The lowest BCUT2D eigenvalue weighted by Gasteiger charge is -2.27. The number of fused-ring (bicyclic) bond motifs is 1. The lowest BCUT2D eigenvalue weighted by Crippen LogP contribution is -2.36. The molecule has 6 nitrogen and oxygen atoms in total. The number of methoxy groups -OCH3 is 1. The fraction of sp³-hybridized carbons (Fsp3) is 0.458. The second-order valence-electron chi connectivity index (χ2n) is 8.21. The molecule has 0 atom stereocenters. The summed E-state index contributed by atoms with van der Waals surface area (Å²) in [5.41, 5.74) is 1.83. The second kappa shape index (κ2) is 9.49. The number of likely N-dealkylation sites (tertiary alicyclic amines) is 1. The Morgan fingerprint density at radius 1 is 1.07 bits per heavy atom. The second-order valence-corrected chi connectivity index (χ2v) is 8.21. The van der Waals surface area contributed by atoms with Crippen LogP contribution >= 0.6 is 0 Å². The zero-order valence-corrected chi connectivity index (χ0v) is 18.0. The number of rotatable bonds is 8. The van der Waals surface area contributed by atoms with Crippen molar-refractivity contribution in [3.05, 3.63) is 64.3 Å². The number of nitrogens with zero attached hydrogens (tertiary/aromatic N) is 3. The fourth-order valence-electron chi connectivity index (χ4n) is 4.31. The molecule has 1 aromatic carbocycles. The molecule has 0 unspecified atom stereocenters. The summed E-state index contributed by atoms with van der Waals surface area (Å²) in [4.78, 5) is 18.0. The number of hydrogen-bond acceptors (Lipinski definition) is 5. The number of furan rings is 1. The molecule has 4 rings (SSSR count). The Morgan fingerprint density at radius 3 is 2.63 bits per heavy atom. The van der Waals surface area contributed by atoms with Crippen molar-refractivity contribution in [2.45, 2.75) is 38.9 Å². The van der Waals surface area contributed by atoms with E-state index in [0.717, 1.165) is 47.6 Å². The summed E-state index contributed by atoms with van der Waals surface area (Å²) >= 11 is 0. The van der Waals surface area contributed by atoms with Crippen LogP contribution in [-0.2, 0) is 19.6 Å². The van der Waals surface area contributed by atoms with Gasteiger partial charge in [0.15, 0.2) is 0 Å². The summed E-state index contributed by atoms with van der Waals surface area (Å²) in [5, 5.41) is 1.07. The van der Waals surface area contributed by atoms with E-state index >= 15 is 0 Å². The van der Waals surface area contributed by atoms with E-state index in [1.807, 2.05) is 48.0 Å². The summed E-state index contributed by atoms with van der Waals surface area (Å²) in [6.07, 6.45) is 5.50. The topological polar surface area (TPSA) is 50.9 Å². The molecule has 1 saturated heterocycles. The number of benzene rings is 1. The number of piperidine rings is 1. The highest BCUT2D eigenvalue weighted by Crippen LogP contribution is 2.21. The van der Waals surface area contributed by atoms with Gasteiger partial charge in [-0.1, -0.05) is 6.42 Å². The van der Waals surface area contributed by atoms with Gasteiger partial charge in [-0.05, 0) is 68.7 Å². The van der Waals surface area contributed by atoms with Crippen molar-refractivity contribution >= 4 is 10.9 Å². The zero-order chi connectivity index (χ0) is 20.9. The Balaban J connectivity index is 1.63. The first-order valence-electron chi connectivity index (χ1n) is 10.8. The van der Waals surface area contributed by atoms with Crippen molar-refractivity contribution in [1.82, 2.24) is 14.4 Å². The molecule has 3 heterocycles. The average Bonchev–Trinajstić information content (AvgIpc) is 3.27. The van der Waals surface area contributed by atoms with Crippen LogP contribution in [0.15, 0.2) is 51.9 Å². The van der Waals surface area contributed by atoms with E-state index in [4.69, 9.17) is 9.15 Å². The van der Waals surface area contributed by atoms with Crippen molar-refractivity contribution < 1.29 is 9.15 Å². The van der Waals surface area contributed by atoms with E-state index in [1.54, 1.807) is 13.4 Å². The molecular formula is C24H31N3O3. The van der Waals surface area contributed by atoms with Crippen LogP contribution in [0.2, 0.25) is 0 Å². The standard InChI is InChI=1S/C24H31N3O3/c1-25(18-22-7-6-14-30-22)17-20-15-19-8-9-21(29-2)16-23(19)27(24(20)28)13-12-26-10-4-3-5-11-26/h6-9,14-16H,3-5,10-13,17-18H2,1-2H3. The van der Waals surface area contributed by atoms with Gasteiger partial charge in [0.1, 0.15) is 11.5 Å². The van der Waals surface area contributed by atoms with Crippen LogP contribution in [0.3, 0.4) is 0 Å². The Bertz CT molecular complexity index is 1020. The Kier molecular flexibility index (Phi) is 6.55. The largest absolute Gasteiger partial charge is 0.497 e. The summed E-state index contributed by atoms with van der Waals surface area (Å²) in [6.45, 7) is 5.09. The molecule has 1 aliphatic rings. The van der Waals surface area contributed by atoms with Gasteiger partial charge in [0.2, 0.25) is 0 Å². The van der Waals surface area contributed by atoms with E-state index in [9.17, 15) is 4.79 Å². The third-order valence-corrected chi connectivity index (χ3v) is 5.91. The molecule has 0 N–H and O–H groups in total. The molecule has 0 radical (unpaired) electrons. The van der Waals surface area contributed by atoms with Crippen molar-refractivity contribution in [3.63, 3.8) is 0 Å². The minimum atomic E-state index is 0.0825. The first kappa shape index (κ1) is 20.7. The molecule has 0 saturated carbocycles. The van der Waals surface area contributed by atoms with E-state index in [2.05, 4.69) is 9.80 Å². The van der Waals surface area contributed by atoms with Crippen LogP contribution < -0.4 is 10.3 Å². The highest BCUT2D eigenvalue weighted by atomic mass is 16.5. The van der Waals surface area contributed by atoms with E-state index < -0.39 is 0 Å². The number of ether oxygens (including phenoxy) is 1. The first-order chi connectivity index (χ1) is 14.6. The molecule has 2 aromatic heterocycles. The van der Waals surface area contributed by atoms with E-state index in [1.165, 1.54) is 19.3 Å². The number of hydrogen-bond donors (Lipinski definition) is 0. The molecule has 0 bridgehead atoms. The van der Waals surface area contributed by atoms with Gasteiger partial charge in [-0.3, -0.25) is 9.69 Å². The average molecular weight is 410 g/mol. The summed E-state index contributed by atoms with van der Waals surface area (Å²) in [7, 11) is 3.67. The maximum absolute atomic E-state index is 13.4. The summed E-state index contributed by atoms with van der Waals surface area (Å²) in [5.74, 6) is 1.67. The fourth-order valence-corrected chi connectivity index (χ4v) is 4.31. The van der Waals surface area contributed by atoms with Gasteiger partial charge in [-0.25, -0.2) is 0 Å². The van der Waals surface area contributed by atoms with Gasteiger partial charge in [0, 0.05) is 31.3 Å². The van der Waals surface area contributed by atoms with Crippen LogP contribution in [0.5, 0.6) is 5.75 Å². The molecular weight excluding hydrogens is 378 g/mol. The molecule has 3 aromatic rings. The quantitative estimate of drug-likeness (QED) is 0.568. The third-order valence-electron chi connectivity index (χ3n) is 5.91. The molecule has 0 aliphatic carbocycles. The monoisotopic (exact) mass is 409 g/mol.